The number of hydrogen-bond acceptors (Lipinski definition) is 19. The van der Waals surface area contributed by atoms with Crippen LogP contribution in [-0.2, 0) is 48.6 Å². The molecule has 0 saturated carbocycles. The Morgan fingerprint density at radius 2 is 1.44 bits per heavy atom. The number of hydrogen-bond donors (Lipinski definition) is 5. The molecule has 5 aliphatic rings. The Morgan fingerprint density at radius 1 is 0.777 bits per heavy atom. The number of halogens is 4. The van der Waals surface area contributed by atoms with Crippen molar-refractivity contribution in [2.45, 2.75) is 156 Å². The lowest BCUT2D eigenvalue weighted by molar-refractivity contribution is -0.146. The quantitative estimate of drug-likeness (QED) is 0.0215. The molecule has 1 unspecified atom stereocenters. The van der Waals surface area contributed by atoms with Gasteiger partial charge in [-0.2, -0.15) is 13.2 Å². The number of carbonyl (C=O) groups is 6. The van der Waals surface area contributed by atoms with E-state index in [4.69, 9.17) is 16.3 Å². The molecule has 4 saturated heterocycles. The zero-order valence-corrected chi connectivity index (χ0v) is 68.1. The number of carbonyl (C=O) groups excluding carboxylic acids is 6. The number of thiazole rings is 1. The van der Waals surface area contributed by atoms with Crippen LogP contribution in [-0.4, -0.2) is 221 Å². The molecule has 31 heteroatoms. The van der Waals surface area contributed by atoms with Gasteiger partial charge in [-0.15, -0.1) is 23.1 Å². The number of aromatic nitrogens is 1. The van der Waals surface area contributed by atoms with Gasteiger partial charge in [-0.25, -0.2) is 26.5 Å². The fourth-order valence-corrected chi connectivity index (χ4v) is 19.1. The number of sulfonamides is 1. The first-order chi connectivity index (χ1) is 53.2. The van der Waals surface area contributed by atoms with Gasteiger partial charge in [0.05, 0.1) is 57.4 Å². The number of aryl methyl sites for hydroxylation is 1. The van der Waals surface area contributed by atoms with Gasteiger partial charge in [-0.1, -0.05) is 106 Å². The van der Waals surface area contributed by atoms with Crippen LogP contribution in [0.5, 0.6) is 0 Å². The Bertz CT molecular complexity index is 4570. The van der Waals surface area contributed by atoms with Crippen LogP contribution in [0.3, 0.4) is 0 Å². The van der Waals surface area contributed by atoms with E-state index in [-0.39, 0.29) is 55.1 Å². The summed E-state index contributed by atoms with van der Waals surface area (Å²) < 4.78 is 105. The summed E-state index contributed by atoms with van der Waals surface area (Å²) in [5, 5.41) is 20.4. The second-order valence-electron chi connectivity index (χ2n) is 31.0. The number of piperazine rings is 2. The predicted molar refractivity (Wildman–Crippen MR) is 429 cm³/mol. The smallest absolute Gasteiger partial charge is 0.391 e. The first kappa shape index (κ1) is 85.0. The molecule has 23 nitrogen and oxygen atoms in total. The summed E-state index contributed by atoms with van der Waals surface area (Å²) in [6.07, 6.45) is 3.34. The van der Waals surface area contributed by atoms with E-state index in [9.17, 15) is 63.9 Å². The lowest BCUT2D eigenvalue weighted by Gasteiger charge is -2.43. The first-order valence-corrected chi connectivity index (χ1v) is 43.4. The van der Waals surface area contributed by atoms with Crippen molar-refractivity contribution in [1.29, 1.82) is 0 Å². The fraction of sp³-hybridized carbons (Fsp3) is 0.494. The summed E-state index contributed by atoms with van der Waals surface area (Å²) in [6, 6.07) is 30.6. The summed E-state index contributed by atoms with van der Waals surface area (Å²) in [5.74, 6) is -1.91. The summed E-state index contributed by atoms with van der Waals surface area (Å²) in [6.45, 7) is 18.8. The second kappa shape index (κ2) is 37.1. The Morgan fingerprint density at radius 3 is 2.09 bits per heavy atom. The van der Waals surface area contributed by atoms with Crippen molar-refractivity contribution in [3.8, 4) is 10.4 Å². The highest BCUT2D eigenvalue weighted by atomic mass is 35.5. The minimum absolute atomic E-state index is 0.0247. The lowest BCUT2D eigenvalue weighted by Crippen LogP contribution is -2.57. The van der Waals surface area contributed by atoms with Gasteiger partial charge in [-0.05, 0) is 147 Å². The molecule has 5 aromatic carbocycles. The molecule has 112 heavy (non-hydrogen) atoms. The van der Waals surface area contributed by atoms with Gasteiger partial charge in [0.25, 0.3) is 25.8 Å². The van der Waals surface area contributed by atoms with E-state index in [0.29, 0.717) is 154 Å². The number of nitrogens with zero attached hydrogens (tertiary/aromatic N) is 7. The molecule has 0 spiro atoms. The van der Waals surface area contributed by atoms with E-state index >= 15 is 0 Å². The molecule has 4 aliphatic heterocycles. The molecule has 11 rings (SSSR count). The van der Waals surface area contributed by atoms with Crippen molar-refractivity contribution in [1.82, 2.24) is 44.8 Å². The second-order valence-corrected chi connectivity index (χ2v) is 37.0. The molecule has 0 bridgehead atoms. The average molecular weight is 1640 g/mol. The van der Waals surface area contributed by atoms with Crippen LogP contribution in [0.4, 0.5) is 24.5 Å². The number of sulfone groups is 1. The number of β-amino-alcohol motifs (C(OH)–C–C–N with tert-alkyl or cyclic N) is 1. The summed E-state index contributed by atoms with van der Waals surface area (Å²) in [4.78, 5) is 99.6. The molecular weight excluding hydrogens is 1540 g/mol. The summed E-state index contributed by atoms with van der Waals surface area (Å²) in [7, 11) is -11.1. The highest BCUT2D eigenvalue weighted by molar-refractivity contribution is 7.99. The molecule has 5 N–H and O–H groups in total. The highest BCUT2D eigenvalue weighted by Gasteiger charge is 2.50. The number of anilines is 2. The largest absolute Gasteiger partial charge is 0.501 e. The number of unbranched alkanes of at least 4 members (excludes halogenated alkanes) is 2. The Kier molecular flexibility index (Phi) is 28.2. The van der Waals surface area contributed by atoms with Crippen molar-refractivity contribution >= 4 is 107 Å². The van der Waals surface area contributed by atoms with Crippen LogP contribution in [0.2, 0.25) is 5.02 Å². The van der Waals surface area contributed by atoms with E-state index in [0.717, 1.165) is 61.1 Å². The normalized spacial score (nSPS) is 19.9. The van der Waals surface area contributed by atoms with Gasteiger partial charge in [0.15, 0.2) is 0 Å². The van der Waals surface area contributed by atoms with E-state index in [1.54, 1.807) is 33.9 Å². The monoisotopic (exact) mass is 1640 g/mol. The van der Waals surface area contributed by atoms with Gasteiger partial charge in [0, 0.05) is 137 Å². The maximum Gasteiger partial charge on any atom is 0.501 e. The number of alkyl halides is 3. The third-order valence-electron chi connectivity index (χ3n) is 21.8. The van der Waals surface area contributed by atoms with Crippen LogP contribution in [0, 0.1) is 17.8 Å². The van der Waals surface area contributed by atoms with Gasteiger partial charge in [-0.3, -0.25) is 38.6 Å². The molecule has 5 heterocycles. The van der Waals surface area contributed by atoms with Crippen molar-refractivity contribution in [3.05, 3.63) is 160 Å². The number of rotatable bonds is 29. The highest BCUT2D eigenvalue weighted by Crippen LogP contribution is 2.45. The average Bonchev–Trinajstić information content (AvgIpc) is 0.926. The molecule has 1 aromatic heterocycles. The number of aliphatic hydroxyl groups is 1. The number of ether oxygens (including phenoxy) is 1. The molecule has 1 aliphatic carbocycles. The minimum Gasteiger partial charge on any atom is -0.391 e. The first-order valence-electron chi connectivity index (χ1n) is 38.2. The number of benzene rings is 5. The molecule has 6 atom stereocenters. The minimum atomic E-state index is -6.13. The number of aliphatic hydroxyl groups excluding tert-OH is 1. The van der Waals surface area contributed by atoms with Crippen LogP contribution in [0.15, 0.2) is 147 Å². The third-order valence-corrected chi connectivity index (χ3v) is 27.0. The lowest BCUT2D eigenvalue weighted by atomic mass is 9.70. The molecule has 6 aromatic rings. The van der Waals surface area contributed by atoms with E-state index < -0.39 is 93.6 Å². The molecule has 0 radical (unpaired) electrons. The molecule has 4 fully saturated rings. The van der Waals surface area contributed by atoms with E-state index in [1.165, 1.54) is 28.8 Å². The molecule has 604 valence electrons. The Labute approximate surface area is 667 Å². The van der Waals surface area contributed by atoms with Gasteiger partial charge >= 0.3 is 5.51 Å². The van der Waals surface area contributed by atoms with Gasteiger partial charge < -0.3 is 45.4 Å². The van der Waals surface area contributed by atoms with Crippen molar-refractivity contribution in [3.63, 3.8) is 0 Å². The standard InChI is InChI=1S/C81H101ClF3N11O12S4/c1-54(56-17-19-58(20-18-56)73-55(2)86-53-110-73)87-76(101)69-47-64(97)51-96(69)77(102)74(79(3,4)5)89-71(98)15-11-8-12-16-72(99)94-39-41-95(42-40-94)78(103)80(6)33-31-67(57-21-25-61(82)26-22-57)60(49-80)50-92-35-37-93(38-36-92)63-27-23-59(24-28-63)75(100)90-112(106,107)66-29-30-68(70(48-66)111(104,105)81(83,84)85)88-62(32-34-91-43-45-108-46-44-91)52-109-65-13-9-7-10-14-65/h7,9-10,13-14,17-30,48,53-54,62,64,69,74,88,97H,8,11-12,15-16,31-47,49-52H2,1-6H3,(H,87,101)(H,89,98)(H,90,100)/t54-,62+,64+,69-,74+,80?/m0/s1. The third kappa shape index (κ3) is 21.5. The number of amides is 6. The number of likely N-dealkylation sites (tertiary alicyclic amines) is 1. The van der Waals surface area contributed by atoms with Crippen LogP contribution in [0.1, 0.15) is 132 Å². The predicted octanol–water partition coefficient (Wildman–Crippen LogP) is 11.2. The van der Waals surface area contributed by atoms with Crippen molar-refractivity contribution in [2.75, 3.05) is 114 Å². The zero-order chi connectivity index (χ0) is 80.3. The SMILES string of the molecule is Cc1ncsc1-c1ccc([C@H](C)NC(=O)[C@@H]2C[C@@H](O)CN2C(=O)[C@@H](NC(=O)CCCCCC(=O)N2CCN(C(=O)C3(C)CCC(c4ccc(Cl)cc4)=C(CN4CCN(c5ccc(C(=O)NS(=O)(=O)c6ccc(N[C@H](CCN7CCOCC7)CSc7ccccc7)c(S(=O)(=O)C(F)(F)F)c6)cc5)CC4)C3)CC2)C(C)(C)C)cc1. The maximum atomic E-state index is 14.8. The van der Waals surface area contributed by atoms with E-state index in [1.807, 2.05) is 130 Å². The van der Waals surface area contributed by atoms with Crippen molar-refractivity contribution < 1.29 is 68.6 Å². The van der Waals surface area contributed by atoms with Crippen LogP contribution in [0.25, 0.3) is 16.0 Å². The van der Waals surface area contributed by atoms with Gasteiger partial charge in [0.2, 0.25) is 29.5 Å². The number of nitrogens with one attached hydrogen (secondary N) is 4. The fourth-order valence-electron chi connectivity index (χ4n) is 15.2. The van der Waals surface area contributed by atoms with Crippen molar-refractivity contribution in [2.24, 2.45) is 10.8 Å². The number of allylic oxidation sites excluding steroid dienone is 1. The Hall–Kier alpha value is -7.94. The number of thioether (sulfide) groups is 1. The van der Waals surface area contributed by atoms with E-state index in [2.05, 4.69) is 35.6 Å². The van der Waals surface area contributed by atoms with Crippen LogP contribution < -0.4 is 25.6 Å². The summed E-state index contributed by atoms with van der Waals surface area (Å²) >= 11 is 9.36. The number of morpholine rings is 1. The topological polar surface area (TPSA) is 281 Å². The maximum absolute atomic E-state index is 14.8. The zero-order valence-electron chi connectivity index (χ0n) is 64.1. The summed E-state index contributed by atoms with van der Waals surface area (Å²) in [5.41, 5.74) is 0.979. The van der Waals surface area contributed by atoms with Gasteiger partial charge in [0.1, 0.15) is 17.0 Å². The Balaban J connectivity index is 0.636. The van der Waals surface area contributed by atoms with Crippen LogP contribution >= 0.6 is 34.7 Å². The molecular formula is C81H101ClF3N11O12S4. The molecule has 6 amide bonds.